The highest BCUT2D eigenvalue weighted by molar-refractivity contribution is 9.10. The molecule has 0 bridgehead atoms. The third kappa shape index (κ3) is 2.08. The average Bonchev–Trinajstić information content (AvgIpc) is 2.01. The van der Waals surface area contributed by atoms with Crippen LogP contribution < -0.4 is 5.14 Å². The summed E-state index contributed by atoms with van der Waals surface area (Å²) in [5.41, 5.74) is -0.337. The molecule has 0 aromatic heterocycles. The van der Waals surface area contributed by atoms with Gasteiger partial charge in [-0.15, -0.1) is 0 Å². The Labute approximate surface area is 88.1 Å². The van der Waals surface area contributed by atoms with Gasteiger partial charge in [0.25, 0.3) is 5.69 Å². The third-order valence-corrected chi connectivity index (χ3v) is 3.50. The van der Waals surface area contributed by atoms with E-state index in [9.17, 15) is 18.5 Å². The van der Waals surface area contributed by atoms with Crippen molar-refractivity contribution in [1.29, 1.82) is 0 Å². The molecule has 0 heterocycles. The highest BCUT2D eigenvalue weighted by atomic mass is 79.9. The van der Waals surface area contributed by atoms with Crippen molar-refractivity contribution in [2.24, 2.45) is 5.14 Å². The van der Waals surface area contributed by atoms with Crippen molar-refractivity contribution in [3.8, 4) is 0 Å². The molecule has 0 aliphatic heterocycles. The monoisotopic (exact) mass is 280 g/mol. The molecule has 0 atom stereocenters. The second-order valence-corrected chi connectivity index (χ2v) is 4.71. The summed E-state index contributed by atoms with van der Waals surface area (Å²) in [5, 5.41) is 15.3. The van der Waals surface area contributed by atoms with Gasteiger partial charge in [0.2, 0.25) is 10.0 Å². The van der Waals surface area contributed by atoms with E-state index in [2.05, 4.69) is 15.9 Å². The highest BCUT2D eigenvalue weighted by Gasteiger charge is 2.20. The SMILES string of the molecule is NS(=O)(=O)c1cccc([N+](=O)[O-])c1Br. The molecule has 6 nitrogen and oxygen atoms in total. The lowest BCUT2D eigenvalue weighted by molar-refractivity contribution is -0.385. The molecule has 0 aliphatic rings. The molecule has 2 N–H and O–H groups in total. The maximum Gasteiger partial charge on any atom is 0.284 e. The van der Waals surface area contributed by atoms with E-state index in [1.807, 2.05) is 0 Å². The van der Waals surface area contributed by atoms with Crippen molar-refractivity contribution in [2.75, 3.05) is 0 Å². The van der Waals surface area contributed by atoms with Crippen LogP contribution in [0.1, 0.15) is 0 Å². The summed E-state index contributed by atoms with van der Waals surface area (Å²) in [7, 11) is -3.94. The van der Waals surface area contributed by atoms with E-state index in [-0.39, 0.29) is 15.1 Å². The lowest BCUT2D eigenvalue weighted by Crippen LogP contribution is -2.13. The minimum absolute atomic E-state index is 0.132. The Hall–Kier alpha value is -0.990. The molecular formula is C6H5BrN2O4S. The van der Waals surface area contributed by atoms with Crippen LogP contribution in [0.25, 0.3) is 0 Å². The first kappa shape index (κ1) is 11.1. The molecule has 0 spiro atoms. The van der Waals surface area contributed by atoms with Crippen LogP contribution >= 0.6 is 15.9 Å². The second kappa shape index (κ2) is 3.64. The summed E-state index contributed by atoms with van der Waals surface area (Å²) in [4.78, 5) is 9.45. The first-order valence-corrected chi connectivity index (χ1v) is 5.63. The lowest BCUT2D eigenvalue weighted by Gasteiger charge is -2.01. The van der Waals surface area contributed by atoms with Gasteiger partial charge < -0.3 is 0 Å². The molecule has 76 valence electrons. The van der Waals surface area contributed by atoms with Gasteiger partial charge in [-0.25, -0.2) is 13.6 Å². The summed E-state index contributed by atoms with van der Waals surface area (Å²) in [6, 6.07) is 3.62. The number of halogens is 1. The largest absolute Gasteiger partial charge is 0.284 e. The van der Waals surface area contributed by atoms with Crippen molar-refractivity contribution in [2.45, 2.75) is 4.90 Å². The molecule has 0 fully saturated rings. The van der Waals surface area contributed by atoms with E-state index in [1.165, 1.54) is 18.2 Å². The minimum Gasteiger partial charge on any atom is -0.258 e. The number of primary sulfonamides is 1. The first-order valence-electron chi connectivity index (χ1n) is 3.29. The number of nitrogens with zero attached hydrogens (tertiary/aromatic N) is 1. The van der Waals surface area contributed by atoms with Crippen LogP contribution in [0.3, 0.4) is 0 Å². The fraction of sp³-hybridized carbons (Fsp3) is 0. The van der Waals surface area contributed by atoms with E-state index in [0.717, 1.165) is 0 Å². The van der Waals surface area contributed by atoms with Gasteiger partial charge >= 0.3 is 0 Å². The smallest absolute Gasteiger partial charge is 0.258 e. The number of benzene rings is 1. The van der Waals surface area contributed by atoms with Crippen LogP contribution in [0.4, 0.5) is 5.69 Å². The Bertz CT molecular complexity index is 485. The molecule has 0 saturated carbocycles. The van der Waals surface area contributed by atoms with Gasteiger partial charge in [-0.3, -0.25) is 10.1 Å². The predicted molar refractivity (Wildman–Crippen MR) is 52.2 cm³/mol. The van der Waals surface area contributed by atoms with Crippen molar-refractivity contribution in [3.05, 3.63) is 32.8 Å². The van der Waals surface area contributed by atoms with E-state index < -0.39 is 14.9 Å². The zero-order valence-corrected chi connectivity index (χ0v) is 9.08. The lowest BCUT2D eigenvalue weighted by atomic mass is 10.3. The van der Waals surface area contributed by atoms with E-state index in [0.29, 0.717) is 0 Å². The minimum atomic E-state index is -3.94. The molecular weight excluding hydrogens is 276 g/mol. The Morgan fingerprint density at radius 1 is 1.43 bits per heavy atom. The predicted octanol–water partition coefficient (Wildman–Crippen LogP) is 1.00. The number of nitro groups is 1. The molecule has 0 radical (unpaired) electrons. The molecule has 1 aromatic rings. The zero-order valence-electron chi connectivity index (χ0n) is 6.68. The van der Waals surface area contributed by atoms with Crippen molar-refractivity contribution in [1.82, 2.24) is 0 Å². The normalized spacial score (nSPS) is 11.3. The Morgan fingerprint density at radius 3 is 2.43 bits per heavy atom. The van der Waals surface area contributed by atoms with Crippen LogP contribution in [-0.4, -0.2) is 13.3 Å². The van der Waals surface area contributed by atoms with Gasteiger partial charge in [0.05, 0.1) is 4.92 Å². The number of hydrogen-bond acceptors (Lipinski definition) is 4. The van der Waals surface area contributed by atoms with Gasteiger partial charge in [0, 0.05) is 6.07 Å². The maximum absolute atomic E-state index is 11.0. The maximum atomic E-state index is 11.0. The van der Waals surface area contributed by atoms with Gasteiger partial charge in [0.1, 0.15) is 9.37 Å². The molecule has 1 rings (SSSR count). The standard InChI is InChI=1S/C6H5BrN2O4S/c7-6-4(9(10)11)2-1-3-5(6)14(8,12)13/h1-3H,(H2,8,12,13). The van der Waals surface area contributed by atoms with Crippen LogP contribution in [-0.2, 0) is 10.0 Å². The fourth-order valence-electron chi connectivity index (χ4n) is 0.860. The zero-order chi connectivity index (χ0) is 10.9. The number of nitrogens with two attached hydrogens (primary N) is 1. The number of nitro benzene ring substituents is 1. The Kier molecular flexibility index (Phi) is 2.88. The molecule has 1 aromatic carbocycles. The van der Waals surface area contributed by atoms with Crippen LogP contribution in [0.2, 0.25) is 0 Å². The van der Waals surface area contributed by atoms with Crippen molar-refractivity contribution in [3.63, 3.8) is 0 Å². The molecule has 14 heavy (non-hydrogen) atoms. The Balaban J connectivity index is 3.51. The average molecular weight is 281 g/mol. The summed E-state index contributed by atoms with van der Waals surface area (Å²) in [6.07, 6.45) is 0. The van der Waals surface area contributed by atoms with Crippen LogP contribution in [0.15, 0.2) is 27.6 Å². The topological polar surface area (TPSA) is 103 Å². The quantitative estimate of drug-likeness (QED) is 0.645. The summed E-state index contributed by atoms with van der Waals surface area (Å²) >= 11 is 2.82. The van der Waals surface area contributed by atoms with Gasteiger partial charge in [-0.05, 0) is 22.0 Å². The van der Waals surface area contributed by atoms with Gasteiger partial charge in [-0.1, -0.05) is 6.07 Å². The molecule has 0 unspecified atom stereocenters. The summed E-state index contributed by atoms with van der Waals surface area (Å²) in [6.45, 7) is 0. The van der Waals surface area contributed by atoms with E-state index >= 15 is 0 Å². The number of rotatable bonds is 2. The highest BCUT2D eigenvalue weighted by Crippen LogP contribution is 2.30. The van der Waals surface area contributed by atoms with Crippen molar-refractivity contribution < 1.29 is 13.3 Å². The van der Waals surface area contributed by atoms with Gasteiger partial charge in [-0.2, -0.15) is 0 Å². The van der Waals surface area contributed by atoms with Crippen LogP contribution in [0.5, 0.6) is 0 Å². The molecule has 0 saturated heterocycles. The fourth-order valence-corrected chi connectivity index (χ4v) is 2.57. The number of hydrogen-bond donors (Lipinski definition) is 1. The molecule has 0 aliphatic carbocycles. The summed E-state index contributed by atoms with van der Waals surface area (Å²) in [5.74, 6) is 0. The summed E-state index contributed by atoms with van der Waals surface area (Å²) < 4.78 is 21.8. The molecule has 0 amide bonds. The number of sulfonamides is 1. The van der Waals surface area contributed by atoms with Gasteiger partial charge in [0.15, 0.2) is 0 Å². The second-order valence-electron chi connectivity index (χ2n) is 2.39. The van der Waals surface area contributed by atoms with Crippen LogP contribution in [0, 0.1) is 10.1 Å². The van der Waals surface area contributed by atoms with E-state index in [4.69, 9.17) is 5.14 Å². The van der Waals surface area contributed by atoms with Crippen molar-refractivity contribution >= 4 is 31.6 Å². The third-order valence-electron chi connectivity index (χ3n) is 1.45. The Morgan fingerprint density at radius 2 is 2.00 bits per heavy atom. The molecule has 8 heteroatoms. The first-order chi connectivity index (χ1) is 6.34. The van der Waals surface area contributed by atoms with E-state index in [1.54, 1.807) is 0 Å².